The monoisotopic (exact) mass is 546 g/mol. The first-order valence-corrected chi connectivity index (χ1v) is 13.1. The molecule has 0 bridgehead atoms. The van der Waals surface area contributed by atoms with E-state index in [4.69, 9.17) is 14.6 Å². The zero-order chi connectivity index (χ0) is 28.7. The van der Waals surface area contributed by atoms with Crippen LogP contribution in [0.1, 0.15) is 42.9 Å². The predicted octanol–water partition coefficient (Wildman–Crippen LogP) is 3.84. The van der Waals surface area contributed by atoms with Crippen LogP contribution in [0, 0.1) is 0 Å². The summed E-state index contributed by atoms with van der Waals surface area (Å²) in [6.45, 7) is 2.90. The Kier molecular flexibility index (Phi) is 9.19. The number of carboxylic acids is 1. The molecule has 0 saturated heterocycles. The number of benzene rings is 3. The Hall–Kier alpha value is -4.21. The van der Waals surface area contributed by atoms with Crippen molar-refractivity contribution in [3.63, 3.8) is 0 Å². The molecule has 9 nitrogen and oxygen atoms in total. The Morgan fingerprint density at radius 3 is 2.10 bits per heavy atom. The molecule has 3 atom stereocenters. The lowest BCUT2D eigenvalue weighted by atomic mass is 9.98. The minimum Gasteiger partial charge on any atom is -0.481 e. The third-order valence-corrected chi connectivity index (χ3v) is 6.90. The summed E-state index contributed by atoms with van der Waals surface area (Å²) >= 11 is 0. The predicted molar refractivity (Wildman–Crippen MR) is 149 cm³/mol. The van der Waals surface area contributed by atoms with Crippen LogP contribution >= 0.6 is 0 Å². The Balaban J connectivity index is 1.43. The van der Waals surface area contributed by atoms with E-state index >= 15 is 0 Å². The number of aliphatic carboxylic acids is 1. The van der Waals surface area contributed by atoms with Crippen molar-refractivity contribution in [2.45, 2.75) is 50.5 Å². The van der Waals surface area contributed by atoms with E-state index in [9.17, 15) is 19.5 Å². The largest absolute Gasteiger partial charge is 0.481 e. The maximum atomic E-state index is 13.1. The highest BCUT2D eigenvalue weighted by Crippen LogP contribution is 2.44. The van der Waals surface area contributed by atoms with Crippen LogP contribution in [0.2, 0.25) is 0 Å². The molecule has 9 heteroatoms. The van der Waals surface area contributed by atoms with Crippen molar-refractivity contribution in [3.05, 3.63) is 95.6 Å². The second kappa shape index (κ2) is 12.8. The van der Waals surface area contributed by atoms with Crippen LogP contribution in [-0.2, 0) is 25.7 Å². The molecule has 0 aromatic heterocycles. The fraction of sp³-hybridized carbons (Fsp3) is 0.323. The van der Waals surface area contributed by atoms with Crippen molar-refractivity contribution in [1.29, 1.82) is 0 Å². The first-order chi connectivity index (χ1) is 19.1. The van der Waals surface area contributed by atoms with E-state index in [1.165, 1.54) is 6.92 Å². The number of hydrogen-bond acceptors (Lipinski definition) is 6. The summed E-state index contributed by atoms with van der Waals surface area (Å²) in [5.74, 6) is -1.99. The van der Waals surface area contributed by atoms with Gasteiger partial charge in [-0.3, -0.25) is 9.59 Å². The molecular weight excluding hydrogens is 512 g/mol. The number of fused-ring (bicyclic) bond motifs is 3. The van der Waals surface area contributed by atoms with Gasteiger partial charge in [-0.15, -0.1) is 0 Å². The Bertz CT molecular complexity index is 1300. The highest BCUT2D eigenvalue weighted by atomic mass is 16.5. The molecule has 3 aromatic carbocycles. The quantitative estimate of drug-likeness (QED) is 0.271. The fourth-order valence-electron chi connectivity index (χ4n) is 4.84. The van der Waals surface area contributed by atoms with Crippen LogP contribution in [0.25, 0.3) is 11.1 Å². The van der Waals surface area contributed by atoms with Crippen LogP contribution in [0.3, 0.4) is 0 Å². The molecular formula is C31H34N2O7. The zero-order valence-electron chi connectivity index (χ0n) is 22.5. The zero-order valence-corrected chi connectivity index (χ0v) is 22.5. The molecule has 0 heterocycles. The SMILES string of the molecule is CC(OCc1ccccc1)C(NC(=O)OCC1c2ccccc2-c2ccccc21)C(=O)NCC(C)(O)CC(=O)O. The highest BCUT2D eigenvalue weighted by Gasteiger charge is 2.33. The van der Waals surface area contributed by atoms with E-state index in [0.717, 1.165) is 27.8 Å². The molecule has 3 aromatic rings. The van der Waals surface area contributed by atoms with Crippen LogP contribution < -0.4 is 10.6 Å². The number of carboxylic acid groups (broad SMARTS) is 1. The van der Waals surface area contributed by atoms with Crippen molar-refractivity contribution in [2.75, 3.05) is 13.2 Å². The van der Waals surface area contributed by atoms with E-state index < -0.39 is 42.1 Å². The summed E-state index contributed by atoms with van der Waals surface area (Å²) in [6, 6.07) is 24.2. The molecule has 0 saturated carbocycles. The average Bonchev–Trinajstić information content (AvgIpc) is 3.26. The second-order valence-electron chi connectivity index (χ2n) is 10.2. The van der Waals surface area contributed by atoms with Crippen LogP contribution in [0.4, 0.5) is 4.79 Å². The molecule has 0 fully saturated rings. The standard InChI is InChI=1S/C31H34N2O7/c1-20(39-17-21-10-4-3-5-11-21)28(29(36)32-19-31(2,38)16-27(34)35)33-30(37)40-18-26-24-14-8-6-12-22(24)23-13-7-9-15-25(23)26/h3-15,20,26,28,38H,16-19H2,1-2H3,(H,32,36)(H,33,37)(H,34,35). The summed E-state index contributed by atoms with van der Waals surface area (Å²) in [6.07, 6.45) is -2.13. The molecule has 1 aliphatic carbocycles. The summed E-state index contributed by atoms with van der Waals surface area (Å²) in [4.78, 5) is 37.1. The van der Waals surface area contributed by atoms with Gasteiger partial charge in [-0.2, -0.15) is 0 Å². The van der Waals surface area contributed by atoms with Crippen molar-refractivity contribution in [3.8, 4) is 11.1 Å². The first kappa shape index (κ1) is 28.8. The van der Waals surface area contributed by atoms with Gasteiger partial charge in [-0.1, -0.05) is 78.9 Å². The number of amides is 2. The van der Waals surface area contributed by atoms with Gasteiger partial charge >= 0.3 is 12.1 Å². The van der Waals surface area contributed by atoms with Crippen molar-refractivity contribution in [2.24, 2.45) is 0 Å². The lowest BCUT2D eigenvalue weighted by molar-refractivity contribution is -0.142. The number of nitrogens with one attached hydrogen (secondary N) is 2. The van der Waals surface area contributed by atoms with Gasteiger partial charge in [0.2, 0.25) is 5.91 Å². The topological polar surface area (TPSA) is 134 Å². The summed E-state index contributed by atoms with van der Waals surface area (Å²) in [5, 5.41) is 24.5. The smallest absolute Gasteiger partial charge is 0.407 e. The van der Waals surface area contributed by atoms with Crippen molar-refractivity contribution in [1.82, 2.24) is 10.6 Å². The van der Waals surface area contributed by atoms with Crippen molar-refractivity contribution >= 4 is 18.0 Å². The Morgan fingerprint density at radius 2 is 1.50 bits per heavy atom. The molecule has 0 aliphatic heterocycles. The van der Waals surface area contributed by atoms with E-state index in [0.29, 0.717) is 0 Å². The molecule has 1 aliphatic rings. The van der Waals surface area contributed by atoms with Gasteiger partial charge in [-0.25, -0.2) is 4.79 Å². The lowest BCUT2D eigenvalue weighted by Gasteiger charge is -2.27. The second-order valence-corrected chi connectivity index (χ2v) is 10.2. The minimum atomic E-state index is -1.68. The van der Waals surface area contributed by atoms with Gasteiger partial charge in [0.1, 0.15) is 12.6 Å². The molecule has 4 rings (SSSR count). The van der Waals surface area contributed by atoms with Crippen LogP contribution in [0.5, 0.6) is 0 Å². The molecule has 4 N–H and O–H groups in total. The maximum Gasteiger partial charge on any atom is 0.407 e. The van der Waals surface area contributed by atoms with Gasteiger partial charge < -0.3 is 30.3 Å². The van der Waals surface area contributed by atoms with E-state index in [-0.39, 0.29) is 25.7 Å². The van der Waals surface area contributed by atoms with Crippen molar-refractivity contribution < 1.29 is 34.1 Å². The summed E-state index contributed by atoms with van der Waals surface area (Å²) < 4.78 is 11.5. The number of alkyl carbamates (subject to hydrolysis) is 1. The van der Waals surface area contributed by atoms with Gasteiger partial charge in [0.05, 0.1) is 24.7 Å². The average molecular weight is 547 g/mol. The molecule has 3 unspecified atom stereocenters. The van der Waals surface area contributed by atoms with Crippen LogP contribution in [0.15, 0.2) is 78.9 Å². The number of rotatable bonds is 12. The number of ether oxygens (including phenoxy) is 2. The number of carbonyl (C=O) groups excluding carboxylic acids is 2. The number of hydrogen-bond donors (Lipinski definition) is 4. The Labute approximate surface area is 233 Å². The minimum absolute atomic E-state index is 0.0702. The number of aliphatic hydroxyl groups is 1. The lowest BCUT2D eigenvalue weighted by Crippen LogP contribution is -2.55. The number of carbonyl (C=O) groups is 3. The van der Waals surface area contributed by atoms with Gasteiger partial charge in [-0.05, 0) is 41.7 Å². The van der Waals surface area contributed by atoms with E-state index in [2.05, 4.69) is 10.6 Å². The van der Waals surface area contributed by atoms with Gasteiger partial charge in [0.15, 0.2) is 0 Å². The molecule has 0 radical (unpaired) electrons. The summed E-state index contributed by atoms with van der Waals surface area (Å²) in [5.41, 5.74) is 3.53. The molecule has 40 heavy (non-hydrogen) atoms. The third-order valence-electron chi connectivity index (χ3n) is 6.90. The highest BCUT2D eigenvalue weighted by molar-refractivity contribution is 5.86. The normalized spacial score (nSPS) is 15.2. The fourth-order valence-corrected chi connectivity index (χ4v) is 4.84. The van der Waals surface area contributed by atoms with Gasteiger partial charge in [0.25, 0.3) is 0 Å². The van der Waals surface area contributed by atoms with E-state index in [1.807, 2.05) is 78.9 Å². The van der Waals surface area contributed by atoms with Crippen LogP contribution in [-0.4, -0.2) is 59.1 Å². The van der Waals surface area contributed by atoms with E-state index in [1.54, 1.807) is 6.92 Å². The Morgan fingerprint density at radius 1 is 0.925 bits per heavy atom. The molecule has 210 valence electrons. The summed E-state index contributed by atoms with van der Waals surface area (Å²) in [7, 11) is 0. The molecule has 0 spiro atoms. The molecule has 2 amide bonds. The third kappa shape index (κ3) is 7.25. The first-order valence-electron chi connectivity index (χ1n) is 13.1. The maximum absolute atomic E-state index is 13.1. The van der Waals surface area contributed by atoms with Gasteiger partial charge in [0, 0.05) is 12.5 Å².